The number of benzene rings is 4. The zero-order chi connectivity index (χ0) is 49.8. The van der Waals surface area contributed by atoms with E-state index in [-0.39, 0.29) is 81.1 Å². The summed E-state index contributed by atoms with van der Waals surface area (Å²) in [5.41, 5.74) is -12.9. The maximum atomic E-state index is 14.5. The van der Waals surface area contributed by atoms with Gasteiger partial charge in [0.2, 0.25) is 11.2 Å². The van der Waals surface area contributed by atoms with Crippen molar-refractivity contribution in [3.05, 3.63) is 139 Å². The maximum Gasteiger partial charge on any atom is 0.426 e. The van der Waals surface area contributed by atoms with Crippen molar-refractivity contribution in [1.29, 1.82) is 0 Å². The molecular formula is C46H38F10N4O8. The van der Waals surface area contributed by atoms with Crippen molar-refractivity contribution >= 4 is 44.7 Å². The van der Waals surface area contributed by atoms with Crippen LogP contribution in [0.4, 0.5) is 55.3 Å². The molecular weight excluding hydrogens is 927 g/mol. The van der Waals surface area contributed by atoms with Gasteiger partial charge in [0, 0.05) is 45.8 Å². The lowest BCUT2D eigenvalue weighted by molar-refractivity contribution is -0.258. The lowest BCUT2D eigenvalue weighted by Crippen LogP contribution is -2.59. The summed E-state index contributed by atoms with van der Waals surface area (Å²) in [7, 11) is 0. The molecule has 68 heavy (non-hydrogen) atoms. The average Bonchev–Trinajstić information content (AvgIpc) is 3.25. The number of aromatic nitrogens is 2. The minimum atomic E-state index is -5.42. The fourth-order valence-electron chi connectivity index (χ4n) is 8.80. The number of nitrogens with zero attached hydrogens (tertiary/aromatic N) is 2. The molecule has 8 rings (SSSR count). The van der Waals surface area contributed by atoms with Crippen LogP contribution in [-0.4, -0.2) is 55.9 Å². The van der Waals surface area contributed by atoms with E-state index in [1.807, 2.05) is 10.6 Å². The van der Waals surface area contributed by atoms with Gasteiger partial charge in [-0.2, -0.15) is 26.3 Å². The van der Waals surface area contributed by atoms with E-state index in [0.29, 0.717) is 12.8 Å². The lowest BCUT2D eigenvalue weighted by atomic mass is 9.59. The van der Waals surface area contributed by atoms with Crippen molar-refractivity contribution in [2.24, 2.45) is 0 Å². The third kappa shape index (κ3) is 8.81. The van der Waals surface area contributed by atoms with Crippen LogP contribution in [0.3, 0.4) is 0 Å². The highest BCUT2D eigenvalue weighted by molar-refractivity contribution is 6.01. The van der Waals surface area contributed by atoms with E-state index in [4.69, 9.17) is 0 Å². The van der Waals surface area contributed by atoms with Crippen molar-refractivity contribution in [3.63, 3.8) is 0 Å². The fourth-order valence-corrected chi connectivity index (χ4v) is 8.80. The van der Waals surface area contributed by atoms with E-state index < -0.39 is 93.6 Å². The normalized spacial score (nSPS) is 17.1. The third-order valence-corrected chi connectivity index (χ3v) is 12.9. The molecule has 2 heterocycles. The summed E-state index contributed by atoms with van der Waals surface area (Å²) in [5.74, 6) is -8.62. The molecule has 0 radical (unpaired) electrons. The first kappa shape index (κ1) is 49.2. The van der Waals surface area contributed by atoms with Crippen LogP contribution in [0.15, 0.2) is 91.4 Å². The number of carbonyl (C=O) groups excluding carboxylic acids is 2. The number of aliphatic hydroxyl groups is 2. The lowest BCUT2D eigenvalue weighted by Gasteiger charge is -2.47. The molecule has 2 amide bonds. The highest BCUT2D eigenvalue weighted by atomic mass is 19.4. The highest BCUT2D eigenvalue weighted by Crippen LogP contribution is 2.54. The Bertz CT molecular complexity index is 2870. The van der Waals surface area contributed by atoms with E-state index >= 15 is 0 Å². The van der Waals surface area contributed by atoms with Crippen LogP contribution >= 0.6 is 0 Å². The van der Waals surface area contributed by atoms with Crippen LogP contribution in [0.2, 0.25) is 0 Å². The van der Waals surface area contributed by atoms with Gasteiger partial charge in [-0.15, -0.1) is 0 Å². The average molecular weight is 965 g/mol. The van der Waals surface area contributed by atoms with E-state index in [0.717, 1.165) is 24.3 Å². The largest absolute Gasteiger partial charge is 0.426 e. The number of aryl methyl sites for hydroxylation is 2. The fraction of sp³-hybridized carbons (Fsp3) is 0.348. The summed E-state index contributed by atoms with van der Waals surface area (Å²) >= 11 is 0. The number of carbonyl (C=O) groups is 2. The molecule has 6 aromatic rings. The Hall–Kier alpha value is -6.68. The van der Waals surface area contributed by atoms with Crippen LogP contribution in [0.5, 0.6) is 0 Å². The first-order chi connectivity index (χ1) is 31.8. The molecule has 2 fully saturated rings. The third-order valence-electron chi connectivity index (χ3n) is 12.9. The van der Waals surface area contributed by atoms with Gasteiger partial charge < -0.3 is 29.9 Å². The summed E-state index contributed by atoms with van der Waals surface area (Å²) in [6.45, 7) is 2.99. The van der Waals surface area contributed by atoms with Gasteiger partial charge in [0.05, 0.1) is 22.2 Å². The molecule has 22 heteroatoms. The molecule has 2 aliphatic rings. The molecule has 2 aromatic heterocycles. The number of amides is 2. The van der Waals surface area contributed by atoms with Gasteiger partial charge in [-0.3, -0.25) is 9.59 Å². The van der Waals surface area contributed by atoms with Crippen LogP contribution in [0.25, 0.3) is 21.5 Å². The number of nitrogens with one attached hydrogen (secondary N) is 2. The number of rotatable bonds is 10. The van der Waals surface area contributed by atoms with Gasteiger partial charge in [0.1, 0.15) is 0 Å². The van der Waals surface area contributed by atoms with Crippen molar-refractivity contribution in [3.8, 4) is 0 Å². The summed E-state index contributed by atoms with van der Waals surface area (Å²) in [6.07, 6.45) is -12.2. The number of hydrogen-bond donors (Lipinski definition) is 4. The van der Waals surface area contributed by atoms with E-state index in [9.17, 15) is 73.3 Å². The molecule has 2 saturated carbocycles. The minimum Gasteiger partial charge on any atom is -0.373 e. The second-order valence-electron chi connectivity index (χ2n) is 17.1. The molecule has 0 aliphatic heterocycles. The molecule has 0 saturated heterocycles. The van der Waals surface area contributed by atoms with Crippen molar-refractivity contribution in [2.45, 2.75) is 99.6 Å². The minimum absolute atomic E-state index is 0.0374. The monoisotopic (exact) mass is 964 g/mol. The maximum absolute atomic E-state index is 14.5. The Balaban J connectivity index is 0.000000201. The van der Waals surface area contributed by atoms with Gasteiger partial charge >= 0.3 is 23.6 Å². The van der Waals surface area contributed by atoms with Crippen LogP contribution in [0.1, 0.15) is 73.9 Å². The molecule has 2 aliphatic carbocycles. The molecule has 0 spiro atoms. The van der Waals surface area contributed by atoms with Crippen LogP contribution < -0.4 is 21.9 Å². The molecule has 0 bridgehead atoms. The topological polar surface area (TPSA) is 185 Å². The van der Waals surface area contributed by atoms with Crippen LogP contribution in [-0.2, 0) is 20.4 Å². The number of fused-ring (bicyclic) bond motifs is 2. The summed E-state index contributed by atoms with van der Waals surface area (Å²) in [5, 5.41) is 33.2. The molecule has 4 N–H and O–H groups in total. The van der Waals surface area contributed by atoms with Gasteiger partial charge in [0.15, 0.2) is 23.3 Å². The van der Waals surface area contributed by atoms with Crippen molar-refractivity contribution < 1.29 is 72.8 Å². The Morgan fingerprint density at radius 2 is 0.941 bits per heavy atom. The standard InChI is InChI=1S/2C23H19F5N2O4/c2*1-12-15-10-13(6-7-14(15)19(31)34-30-12)29-20(32)22(33,23(26,27)28)11-21(8-3-9-21)16-4-2-5-17(24)18(16)25/h2*2,4-7,10,33H,3,8-9,11H2,1H3,(H,29,32). The number of hydrogen-bond acceptors (Lipinski definition) is 10. The number of alkyl halides is 6. The Kier molecular flexibility index (Phi) is 12.9. The second-order valence-corrected chi connectivity index (χ2v) is 17.1. The molecule has 360 valence electrons. The number of halogens is 10. The molecule has 2 unspecified atom stereocenters. The highest BCUT2D eigenvalue weighted by Gasteiger charge is 2.65. The van der Waals surface area contributed by atoms with E-state index in [2.05, 4.69) is 19.4 Å². The van der Waals surface area contributed by atoms with E-state index in [1.54, 1.807) is 0 Å². The Morgan fingerprint density at radius 3 is 1.25 bits per heavy atom. The quantitative estimate of drug-likeness (QED) is 0.0966. The number of anilines is 2. The zero-order valence-electron chi connectivity index (χ0n) is 35.6. The predicted octanol–water partition coefficient (Wildman–Crippen LogP) is 9.04. The first-order valence-electron chi connectivity index (χ1n) is 20.7. The first-order valence-corrected chi connectivity index (χ1v) is 20.7. The van der Waals surface area contributed by atoms with E-state index in [1.165, 1.54) is 62.4 Å². The summed E-state index contributed by atoms with van der Waals surface area (Å²) < 4.78 is 150. The summed E-state index contributed by atoms with van der Waals surface area (Å²) in [4.78, 5) is 49.2. The predicted molar refractivity (Wildman–Crippen MR) is 222 cm³/mol. The Labute approximate surface area is 376 Å². The van der Waals surface area contributed by atoms with Crippen molar-refractivity contribution in [2.75, 3.05) is 10.6 Å². The zero-order valence-corrected chi connectivity index (χ0v) is 35.6. The smallest absolute Gasteiger partial charge is 0.373 e. The van der Waals surface area contributed by atoms with Gasteiger partial charge in [-0.25, -0.2) is 27.2 Å². The van der Waals surface area contributed by atoms with Crippen LogP contribution in [0, 0.1) is 37.1 Å². The SMILES string of the molecule is Cc1noc(=O)c2ccc(NC(=O)C(O)(CC3(c4cccc(F)c4F)CCC3)C(F)(F)F)cc12.Cc1noc(=O)c2ccc(NC(=O)C(O)(CC3(c4cccc(F)c4F)CCC3)C(F)(F)F)cc12. The van der Waals surface area contributed by atoms with Crippen molar-refractivity contribution in [1.82, 2.24) is 10.3 Å². The van der Waals surface area contributed by atoms with Gasteiger partial charge in [-0.1, -0.05) is 47.4 Å². The summed E-state index contributed by atoms with van der Waals surface area (Å²) in [6, 6.07) is 13.6. The molecule has 4 aromatic carbocycles. The Morgan fingerprint density at radius 1 is 0.588 bits per heavy atom. The molecule has 12 nitrogen and oxygen atoms in total. The van der Waals surface area contributed by atoms with Gasteiger partial charge in [-0.05, 0) is 99.2 Å². The second kappa shape index (κ2) is 17.8. The molecule has 2 atom stereocenters. The van der Waals surface area contributed by atoms with Gasteiger partial charge in [0.25, 0.3) is 11.8 Å².